The minimum Gasteiger partial charge on any atom is -0.444 e. The van der Waals surface area contributed by atoms with Crippen LogP contribution in [0.15, 0.2) is 0 Å². The summed E-state index contributed by atoms with van der Waals surface area (Å²) in [6, 6.07) is 0. The summed E-state index contributed by atoms with van der Waals surface area (Å²) in [5.74, 6) is 0. The zero-order valence-corrected chi connectivity index (χ0v) is 16.0. The number of ether oxygens (including phenoxy) is 2. The highest BCUT2D eigenvalue weighted by Crippen LogP contribution is 2.54. The average molecular weight is 409 g/mol. The smallest absolute Gasteiger partial charge is 0.410 e. The van der Waals surface area contributed by atoms with Gasteiger partial charge in [-0.3, -0.25) is 0 Å². The minimum atomic E-state index is -0.440. The first-order chi connectivity index (χ1) is 9.57. The molecule has 0 aromatic heterocycles. The van der Waals surface area contributed by atoms with Gasteiger partial charge in [-0.2, -0.15) is 0 Å². The number of amides is 1. The second kappa shape index (κ2) is 5.87. The molecule has 0 aromatic rings. The summed E-state index contributed by atoms with van der Waals surface area (Å²) in [5, 5.41) is 0. The van der Waals surface area contributed by atoms with Crippen molar-refractivity contribution in [2.75, 3.05) is 20.2 Å². The van der Waals surface area contributed by atoms with Crippen molar-refractivity contribution in [2.45, 2.75) is 68.5 Å². The Bertz CT molecular complexity index is 405. The van der Waals surface area contributed by atoms with Crippen LogP contribution in [0.1, 0.15) is 53.4 Å². The van der Waals surface area contributed by atoms with Crippen LogP contribution in [-0.2, 0) is 9.47 Å². The fourth-order valence-electron chi connectivity index (χ4n) is 3.10. The molecule has 1 saturated heterocycles. The largest absolute Gasteiger partial charge is 0.444 e. The molecule has 5 heteroatoms. The molecule has 1 amide bonds. The maximum atomic E-state index is 12.5. The summed E-state index contributed by atoms with van der Waals surface area (Å²) in [6.07, 6.45) is 4.51. The number of nitrogens with zero attached hydrogens (tertiary/aromatic N) is 1. The molecule has 1 aliphatic heterocycles. The Labute approximate surface area is 142 Å². The van der Waals surface area contributed by atoms with E-state index >= 15 is 0 Å². The monoisotopic (exact) mass is 409 g/mol. The lowest BCUT2D eigenvalue weighted by atomic mass is 9.89. The molecule has 2 fully saturated rings. The van der Waals surface area contributed by atoms with Crippen LogP contribution in [0.5, 0.6) is 0 Å². The Morgan fingerprint density at radius 3 is 2.48 bits per heavy atom. The van der Waals surface area contributed by atoms with Crippen molar-refractivity contribution < 1.29 is 14.3 Å². The Morgan fingerprint density at radius 1 is 1.29 bits per heavy atom. The van der Waals surface area contributed by atoms with E-state index in [1.807, 2.05) is 25.7 Å². The van der Waals surface area contributed by atoms with Crippen molar-refractivity contribution in [3.05, 3.63) is 0 Å². The normalized spacial score (nSPS) is 37.0. The van der Waals surface area contributed by atoms with E-state index in [4.69, 9.17) is 9.47 Å². The summed E-state index contributed by atoms with van der Waals surface area (Å²) in [4.78, 5) is 14.4. The van der Waals surface area contributed by atoms with Gasteiger partial charge in [0, 0.05) is 29.0 Å². The molecule has 1 spiro atoms. The fraction of sp³-hybridized carbons (Fsp3) is 0.938. The van der Waals surface area contributed by atoms with Gasteiger partial charge in [0.05, 0.1) is 6.10 Å². The minimum absolute atomic E-state index is 0.151. The SMILES string of the molecule is COC1C[C@@]12CCC(C)(I)CCN(C(=O)OC(C)(C)C)C2. The zero-order chi connectivity index (χ0) is 15.9. The second-order valence-electron chi connectivity index (χ2n) is 7.86. The number of rotatable bonds is 1. The molecule has 1 saturated carbocycles. The maximum absolute atomic E-state index is 12.5. The summed E-state index contributed by atoms with van der Waals surface area (Å²) < 4.78 is 11.4. The van der Waals surface area contributed by atoms with E-state index in [0.717, 1.165) is 32.4 Å². The highest BCUT2D eigenvalue weighted by Gasteiger charge is 2.57. The molecular formula is C16H28INO3. The predicted molar refractivity (Wildman–Crippen MR) is 91.9 cm³/mol. The van der Waals surface area contributed by atoms with Crippen LogP contribution in [0.25, 0.3) is 0 Å². The van der Waals surface area contributed by atoms with E-state index in [1.54, 1.807) is 7.11 Å². The van der Waals surface area contributed by atoms with Gasteiger partial charge in [0.15, 0.2) is 0 Å². The van der Waals surface area contributed by atoms with E-state index in [-0.39, 0.29) is 14.9 Å². The van der Waals surface area contributed by atoms with Gasteiger partial charge >= 0.3 is 6.09 Å². The van der Waals surface area contributed by atoms with E-state index in [1.165, 1.54) is 6.42 Å². The Hall–Kier alpha value is -0.0400. The first-order valence-electron chi connectivity index (χ1n) is 7.77. The van der Waals surface area contributed by atoms with Crippen molar-refractivity contribution in [2.24, 2.45) is 5.41 Å². The summed E-state index contributed by atoms with van der Waals surface area (Å²) in [7, 11) is 1.78. The van der Waals surface area contributed by atoms with Crippen molar-refractivity contribution in [1.82, 2.24) is 4.90 Å². The highest BCUT2D eigenvalue weighted by atomic mass is 127. The molecule has 0 radical (unpaired) electrons. The molecule has 3 atom stereocenters. The van der Waals surface area contributed by atoms with E-state index in [9.17, 15) is 4.79 Å². The summed E-state index contributed by atoms with van der Waals surface area (Å²) in [6.45, 7) is 9.58. The maximum Gasteiger partial charge on any atom is 0.410 e. The zero-order valence-electron chi connectivity index (χ0n) is 13.9. The predicted octanol–water partition coefficient (Wildman–Crippen LogP) is 4.01. The quantitative estimate of drug-likeness (QED) is 0.485. The van der Waals surface area contributed by atoms with Crippen molar-refractivity contribution in [3.63, 3.8) is 0 Å². The lowest BCUT2D eigenvalue weighted by Gasteiger charge is -2.36. The Morgan fingerprint density at radius 2 is 1.95 bits per heavy atom. The third-order valence-electron chi connectivity index (χ3n) is 4.60. The van der Waals surface area contributed by atoms with E-state index < -0.39 is 5.60 Å². The number of methoxy groups -OCH3 is 1. The third kappa shape index (κ3) is 4.47. The van der Waals surface area contributed by atoms with Crippen LogP contribution in [0.2, 0.25) is 0 Å². The number of carbonyl (C=O) groups excluding carboxylic acids is 1. The van der Waals surface area contributed by atoms with Gasteiger partial charge in [0.2, 0.25) is 0 Å². The number of halogens is 1. The number of alkyl halides is 1. The standard InChI is InChI=1S/C16H28INO3/c1-14(2,3)21-13(19)18-9-8-15(4,17)6-7-16(11-18)10-12(16)20-5/h12H,6-11H2,1-5H3/t12?,15?,16-/m1/s1. The van der Waals surface area contributed by atoms with Gasteiger partial charge in [-0.15, -0.1) is 0 Å². The van der Waals surface area contributed by atoms with Crippen molar-refractivity contribution in [1.29, 1.82) is 0 Å². The highest BCUT2D eigenvalue weighted by molar-refractivity contribution is 14.1. The van der Waals surface area contributed by atoms with E-state index in [0.29, 0.717) is 6.10 Å². The molecule has 2 aliphatic rings. The fourth-order valence-corrected chi connectivity index (χ4v) is 3.61. The van der Waals surface area contributed by atoms with Crippen LogP contribution < -0.4 is 0 Å². The molecule has 1 heterocycles. The topological polar surface area (TPSA) is 38.8 Å². The molecule has 21 heavy (non-hydrogen) atoms. The number of likely N-dealkylation sites (tertiary alicyclic amines) is 1. The van der Waals surface area contributed by atoms with Gasteiger partial charge in [-0.05, 0) is 46.5 Å². The molecule has 0 bridgehead atoms. The molecule has 0 aromatic carbocycles. The van der Waals surface area contributed by atoms with Gasteiger partial charge in [-0.25, -0.2) is 4.79 Å². The van der Waals surface area contributed by atoms with Gasteiger partial charge in [0.1, 0.15) is 5.60 Å². The molecule has 4 nitrogen and oxygen atoms in total. The molecular weight excluding hydrogens is 381 g/mol. The van der Waals surface area contributed by atoms with Crippen LogP contribution in [0, 0.1) is 5.41 Å². The molecule has 122 valence electrons. The third-order valence-corrected chi connectivity index (χ3v) is 5.68. The average Bonchev–Trinajstić information content (AvgIpc) is 3.03. The number of carbonyl (C=O) groups is 1. The molecule has 1 aliphatic carbocycles. The van der Waals surface area contributed by atoms with Gasteiger partial charge < -0.3 is 14.4 Å². The summed E-state index contributed by atoms with van der Waals surface area (Å²) >= 11 is 2.54. The summed E-state index contributed by atoms with van der Waals surface area (Å²) in [5.41, 5.74) is -0.289. The lowest BCUT2D eigenvalue weighted by molar-refractivity contribution is 0.0144. The first kappa shape index (κ1) is 17.3. The lowest BCUT2D eigenvalue weighted by Crippen LogP contribution is -2.44. The van der Waals surface area contributed by atoms with Gasteiger partial charge in [0.25, 0.3) is 0 Å². The van der Waals surface area contributed by atoms with Crippen LogP contribution in [0.3, 0.4) is 0 Å². The Balaban J connectivity index is 2.10. The van der Waals surface area contributed by atoms with Crippen molar-refractivity contribution in [3.8, 4) is 0 Å². The molecule has 0 N–H and O–H groups in total. The molecule has 2 rings (SSSR count). The van der Waals surface area contributed by atoms with Crippen LogP contribution in [0.4, 0.5) is 4.79 Å². The Kier molecular flexibility index (Phi) is 4.84. The first-order valence-corrected chi connectivity index (χ1v) is 8.84. The van der Waals surface area contributed by atoms with Crippen molar-refractivity contribution >= 4 is 28.7 Å². The molecule has 2 unspecified atom stereocenters. The number of hydrogen-bond acceptors (Lipinski definition) is 3. The van der Waals surface area contributed by atoms with E-state index in [2.05, 4.69) is 29.5 Å². The van der Waals surface area contributed by atoms with Gasteiger partial charge in [-0.1, -0.05) is 29.5 Å². The second-order valence-corrected chi connectivity index (χ2v) is 10.5. The van der Waals surface area contributed by atoms with Crippen LogP contribution >= 0.6 is 22.6 Å². The number of hydrogen-bond donors (Lipinski definition) is 0. The van der Waals surface area contributed by atoms with Crippen LogP contribution in [-0.4, -0.2) is 46.3 Å².